The Kier molecular flexibility index (Phi) is 7.70. The van der Waals surface area contributed by atoms with Crippen molar-refractivity contribution in [3.8, 4) is 11.5 Å². The van der Waals surface area contributed by atoms with Gasteiger partial charge in [0.25, 0.3) is 0 Å². The molecule has 0 unspecified atom stereocenters. The number of ether oxygens (including phenoxy) is 2. The molecule has 0 aromatic heterocycles. The molecule has 0 fully saturated rings. The van der Waals surface area contributed by atoms with Crippen molar-refractivity contribution in [1.82, 2.24) is 0 Å². The smallest absolute Gasteiger partial charge is 0.175 e. The predicted octanol–water partition coefficient (Wildman–Crippen LogP) is 7.65. The first-order valence-corrected chi connectivity index (χ1v) is 10.8. The molecule has 0 heterocycles. The molecule has 0 radical (unpaired) electrons. The van der Waals surface area contributed by atoms with Crippen LogP contribution in [-0.2, 0) is 13.2 Å². The topological polar surface area (TPSA) is 30.5 Å². The molecule has 1 N–H and O–H groups in total. The Morgan fingerprint density at radius 3 is 2.52 bits per heavy atom. The van der Waals surface area contributed by atoms with E-state index in [-0.39, 0.29) is 0 Å². The van der Waals surface area contributed by atoms with Gasteiger partial charge in [0.1, 0.15) is 6.61 Å². The van der Waals surface area contributed by atoms with Crippen LogP contribution in [-0.4, -0.2) is 6.61 Å². The first-order valence-electron chi connectivity index (χ1n) is 9.29. The van der Waals surface area contributed by atoms with Crippen LogP contribution in [0, 0.1) is 6.92 Å². The Labute approximate surface area is 190 Å². The second-order valence-electron chi connectivity index (χ2n) is 6.52. The Hall–Kier alpha value is -1.88. The third-order valence-electron chi connectivity index (χ3n) is 4.39. The van der Waals surface area contributed by atoms with Crippen LogP contribution in [0.15, 0.2) is 59.1 Å². The van der Waals surface area contributed by atoms with Crippen LogP contribution in [0.25, 0.3) is 0 Å². The van der Waals surface area contributed by atoms with Gasteiger partial charge in [-0.05, 0) is 82.9 Å². The molecule has 0 aliphatic rings. The molecule has 0 aliphatic carbocycles. The molecule has 152 valence electrons. The van der Waals surface area contributed by atoms with Gasteiger partial charge in [0, 0.05) is 22.3 Å². The first kappa shape index (κ1) is 21.8. The highest BCUT2D eigenvalue weighted by atomic mass is 79.9. The number of halogens is 3. The van der Waals surface area contributed by atoms with Gasteiger partial charge >= 0.3 is 0 Å². The van der Waals surface area contributed by atoms with Crippen molar-refractivity contribution in [3.05, 3.63) is 85.8 Å². The van der Waals surface area contributed by atoms with Gasteiger partial charge in [-0.25, -0.2) is 0 Å². The minimum absolute atomic E-state index is 0.401. The zero-order valence-corrected chi connectivity index (χ0v) is 19.4. The van der Waals surface area contributed by atoms with Crippen LogP contribution < -0.4 is 14.8 Å². The standard InChI is InChI=1S/C23H22BrCl2NO2/c1-3-28-22-12-17(13-27-21-9-5-8-20(26)15(21)2)11-19(24)23(22)29-14-16-6-4-7-18(25)10-16/h4-12,27H,3,13-14H2,1-2H3. The lowest BCUT2D eigenvalue weighted by atomic mass is 10.1. The summed E-state index contributed by atoms with van der Waals surface area (Å²) < 4.78 is 12.7. The van der Waals surface area contributed by atoms with Crippen molar-refractivity contribution in [1.29, 1.82) is 0 Å². The SMILES string of the molecule is CCOc1cc(CNc2cccc(Cl)c2C)cc(Br)c1OCc1cccc(Cl)c1. The second-order valence-corrected chi connectivity index (χ2v) is 8.22. The molecule has 0 atom stereocenters. The molecule has 6 heteroatoms. The van der Waals surface area contributed by atoms with Gasteiger partial charge in [-0.3, -0.25) is 0 Å². The molecule has 3 nitrogen and oxygen atoms in total. The van der Waals surface area contributed by atoms with E-state index in [1.54, 1.807) is 0 Å². The highest BCUT2D eigenvalue weighted by Crippen LogP contribution is 2.38. The maximum atomic E-state index is 6.21. The number of nitrogens with one attached hydrogen (secondary N) is 1. The Balaban J connectivity index is 1.77. The number of hydrogen-bond donors (Lipinski definition) is 1. The van der Waals surface area contributed by atoms with E-state index in [1.165, 1.54) is 0 Å². The molecule has 0 bridgehead atoms. The van der Waals surface area contributed by atoms with Gasteiger partial charge in [-0.1, -0.05) is 41.4 Å². The fourth-order valence-corrected chi connectivity index (χ4v) is 3.90. The van der Waals surface area contributed by atoms with E-state index in [0.717, 1.165) is 31.9 Å². The van der Waals surface area contributed by atoms with Crippen molar-refractivity contribution >= 4 is 44.8 Å². The number of hydrogen-bond acceptors (Lipinski definition) is 3. The van der Waals surface area contributed by atoms with Crippen molar-refractivity contribution in [2.75, 3.05) is 11.9 Å². The molecule has 3 rings (SSSR count). The van der Waals surface area contributed by atoms with Crippen LogP contribution in [0.2, 0.25) is 10.0 Å². The van der Waals surface area contributed by atoms with Crippen molar-refractivity contribution in [2.45, 2.75) is 27.0 Å². The van der Waals surface area contributed by atoms with E-state index in [9.17, 15) is 0 Å². The predicted molar refractivity (Wildman–Crippen MR) is 125 cm³/mol. The van der Waals surface area contributed by atoms with E-state index in [0.29, 0.717) is 36.3 Å². The summed E-state index contributed by atoms with van der Waals surface area (Å²) in [6, 6.07) is 17.5. The number of rotatable bonds is 8. The van der Waals surface area contributed by atoms with Gasteiger partial charge in [0.15, 0.2) is 11.5 Å². The summed E-state index contributed by atoms with van der Waals surface area (Å²) in [6.07, 6.45) is 0. The van der Waals surface area contributed by atoms with Gasteiger partial charge in [-0.15, -0.1) is 0 Å². The van der Waals surface area contributed by atoms with E-state index in [2.05, 4.69) is 21.2 Å². The maximum Gasteiger partial charge on any atom is 0.175 e. The van der Waals surface area contributed by atoms with Crippen LogP contribution >= 0.6 is 39.1 Å². The molecule has 0 saturated carbocycles. The molecule has 3 aromatic rings. The number of benzene rings is 3. The van der Waals surface area contributed by atoms with Crippen LogP contribution in [0.1, 0.15) is 23.6 Å². The Morgan fingerprint density at radius 2 is 1.76 bits per heavy atom. The van der Waals surface area contributed by atoms with Gasteiger partial charge in [0.05, 0.1) is 11.1 Å². The maximum absolute atomic E-state index is 6.21. The second kappa shape index (κ2) is 10.2. The lowest BCUT2D eigenvalue weighted by Gasteiger charge is -2.17. The van der Waals surface area contributed by atoms with E-state index in [4.69, 9.17) is 32.7 Å². The Bertz CT molecular complexity index is 995. The first-order chi connectivity index (χ1) is 14.0. The summed E-state index contributed by atoms with van der Waals surface area (Å²) in [5, 5.41) is 4.87. The van der Waals surface area contributed by atoms with Crippen LogP contribution in [0.4, 0.5) is 5.69 Å². The molecule has 0 amide bonds. The summed E-state index contributed by atoms with van der Waals surface area (Å²) in [5.41, 5.74) is 4.09. The normalized spacial score (nSPS) is 10.7. The zero-order valence-electron chi connectivity index (χ0n) is 16.3. The third kappa shape index (κ3) is 5.81. The van der Waals surface area contributed by atoms with Crippen LogP contribution in [0.3, 0.4) is 0 Å². The average molecular weight is 495 g/mol. The van der Waals surface area contributed by atoms with Crippen molar-refractivity contribution in [3.63, 3.8) is 0 Å². The van der Waals surface area contributed by atoms with Crippen LogP contribution in [0.5, 0.6) is 11.5 Å². The lowest BCUT2D eigenvalue weighted by molar-refractivity contribution is 0.267. The largest absolute Gasteiger partial charge is 0.490 e. The lowest BCUT2D eigenvalue weighted by Crippen LogP contribution is -2.04. The van der Waals surface area contributed by atoms with Gasteiger partial charge < -0.3 is 14.8 Å². The zero-order chi connectivity index (χ0) is 20.8. The van der Waals surface area contributed by atoms with E-state index < -0.39 is 0 Å². The number of anilines is 1. The van der Waals surface area contributed by atoms with Crippen molar-refractivity contribution in [2.24, 2.45) is 0 Å². The molecule has 0 aliphatic heterocycles. The fourth-order valence-electron chi connectivity index (χ4n) is 2.90. The summed E-state index contributed by atoms with van der Waals surface area (Å²) in [6.45, 7) is 5.53. The summed E-state index contributed by atoms with van der Waals surface area (Å²) in [7, 11) is 0. The average Bonchev–Trinajstić information content (AvgIpc) is 2.69. The molecule has 3 aromatic carbocycles. The minimum atomic E-state index is 0.401. The molecule has 29 heavy (non-hydrogen) atoms. The Morgan fingerprint density at radius 1 is 0.966 bits per heavy atom. The quantitative estimate of drug-likeness (QED) is 0.348. The fraction of sp³-hybridized carbons (Fsp3) is 0.217. The van der Waals surface area contributed by atoms with E-state index in [1.807, 2.05) is 68.4 Å². The molecule has 0 saturated heterocycles. The van der Waals surface area contributed by atoms with E-state index >= 15 is 0 Å². The minimum Gasteiger partial charge on any atom is -0.490 e. The summed E-state index contributed by atoms with van der Waals surface area (Å²) in [5.74, 6) is 1.37. The highest BCUT2D eigenvalue weighted by molar-refractivity contribution is 9.10. The molecule has 0 spiro atoms. The summed E-state index contributed by atoms with van der Waals surface area (Å²) >= 11 is 15.9. The molecular formula is C23H22BrCl2NO2. The molecular weight excluding hydrogens is 473 g/mol. The third-order valence-corrected chi connectivity index (χ3v) is 5.63. The van der Waals surface area contributed by atoms with Crippen molar-refractivity contribution < 1.29 is 9.47 Å². The summed E-state index contributed by atoms with van der Waals surface area (Å²) in [4.78, 5) is 0. The monoisotopic (exact) mass is 493 g/mol. The van der Waals surface area contributed by atoms with Gasteiger partial charge in [-0.2, -0.15) is 0 Å². The van der Waals surface area contributed by atoms with Gasteiger partial charge in [0.2, 0.25) is 0 Å². The highest BCUT2D eigenvalue weighted by Gasteiger charge is 2.13.